The highest BCUT2D eigenvalue weighted by atomic mass is 32.1. The van der Waals surface area contributed by atoms with Crippen LogP contribution in [-0.2, 0) is 11.2 Å². The number of carbonyl (C=O) groups is 1. The first-order chi connectivity index (χ1) is 9.20. The zero-order valence-electron chi connectivity index (χ0n) is 11.1. The summed E-state index contributed by atoms with van der Waals surface area (Å²) in [7, 11) is 0. The number of aromatic nitrogens is 1. The number of rotatable bonds is 6. The molecule has 2 rings (SSSR count). The minimum Gasteiger partial charge on any atom is -0.450 e. The molecule has 0 radical (unpaired) electrons. The topological polar surface area (TPSA) is 71.5 Å². The number of aryl methyl sites for hydroxylation is 1. The number of fused-ring (bicyclic) bond motifs is 1. The fourth-order valence-electron chi connectivity index (χ4n) is 2.26. The maximum atomic E-state index is 10.7. The van der Waals surface area contributed by atoms with Gasteiger partial charge in [-0.05, 0) is 25.7 Å². The lowest BCUT2D eigenvalue weighted by atomic mass is 10.0. The predicted octanol–water partition coefficient (Wildman–Crippen LogP) is 3.82. The Bertz CT molecular complexity index is 434. The third kappa shape index (κ3) is 3.83. The van der Waals surface area contributed by atoms with Gasteiger partial charge in [-0.25, -0.2) is 9.78 Å². The van der Waals surface area contributed by atoms with Gasteiger partial charge in [-0.15, -0.1) is 11.3 Å². The monoisotopic (exact) mass is 284 g/mol. The minimum absolute atomic E-state index is 0.385. The molecule has 0 saturated carbocycles. The Labute approximate surface area is 117 Å². The van der Waals surface area contributed by atoms with Gasteiger partial charge < -0.3 is 15.2 Å². The van der Waals surface area contributed by atoms with Crippen LogP contribution in [0.3, 0.4) is 0 Å². The summed E-state index contributed by atoms with van der Waals surface area (Å²) in [6.07, 6.45) is 4.61. The lowest BCUT2D eigenvalue weighted by Gasteiger charge is -2.19. The second kappa shape index (κ2) is 6.75. The molecule has 0 aromatic carbocycles. The summed E-state index contributed by atoms with van der Waals surface area (Å²) in [5.74, 6) is 0. The fraction of sp³-hybridized carbons (Fsp3) is 0.692. The van der Waals surface area contributed by atoms with E-state index in [-0.39, 0.29) is 6.10 Å². The summed E-state index contributed by atoms with van der Waals surface area (Å²) in [5.41, 5.74) is 0.816. The lowest BCUT2D eigenvalue weighted by molar-refractivity contribution is 0.0425. The van der Waals surface area contributed by atoms with Crippen LogP contribution in [0.15, 0.2) is 0 Å². The zero-order chi connectivity index (χ0) is 13.7. The van der Waals surface area contributed by atoms with Crippen molar-refractivity contribution < 1.29 is 14.6 Å². The number of nitrogens with one attached hydrogen (secondary N) is 1. The van der Waals surface area contributed by atoms with Gasteiger partial charge in [0.1, 0.15) is 6.10 Å². The van der Waals surface area contributed by atoms with Gasteiger partial charge in [0, 0.05) is 11.4 Å². The largest absolute Gasteiger partial charge is 0.506 e. The Kier molecular flexibility index (Phi) is 5.01. The van der Waals surface area contributed by atoms with E-state index in [1.807, 2.05) is 0 Å². The highest BCUT2D eigenvalue weighted by Gasteiger charge is 2.27. The van der Waals surface area contributed by atoms with Crippen LogP contribution in [0.5, 0.6) is 0 Å². The first kappa shape index (κ1) is 14.1. The smallest absolute Gasteiger partial charge is 0.450 e. The average Bonchev–Trinajstić information content (AvgIpc) is 2.78. The van der Waals surface area contributed by atoms with Crippen molar-refractivity contribution in [2.75, 3.05) is 11.9 Å². The van der Waals surface area contributed by atoms with E-state index in [1.54, 1.807) is 11.3 Å². The molecular weight excluding hydrogens is 264 g/mol. The van der Waals surface area contributed by atoms with Gasteiger partial charge in [0.05, 0.1) is 5.69 Å². The molecule has 0 aliphatic heterocycles. The maximum absolute atomic E-state index is 10.7. The van der Waals surface area contributed by atoms with Crippen molar-refractivity contribution in [3.63, 3.8) is 0 Å². The third-order valence-corrected chi connectivity index (χ3v) is 4.29. The number of anilines is 1. The van der Waals surface area contributed by atoms with Crippen molar-refractivity contribution >= 4 is 22.6 Å². The summed E-state index contributed by atoms with van der Waals surface area (Å²) in [4.78, 5) is 16.3. The summed E-state index contributed by atoms with van der Waals surface area (Å²) in [5, 5.41) is 12.9. The first-order valence-electron chi connectivity index (χ1n) is 6.83. The Hall–Kier alpha value is -1.30. The Morgan fingerprint density at radius 3 is 3.16 bits per heavy atom. The quantitative estimate of drug-likeness (QED) is 0.614. The van der Waals surface area contributed by atoms with Gasteiger partial charge >= 0.3 is 6.16 Å². The van der Waals surface area contributed by atoms with Crippen molar-refractivity contribution in [3.8, 4) is 0 Å². The van der Waals surface area contributed by atoms with Crippen LogP contribution in [0.25, 0.3) is 0 Å². The van der Waals surface area contributed by atoms with Gasteiger partial charge in [-0.3, -0.25) is 0 Å². The van der Waals surface area contributed by atoms with Crippen LogP contribution in [-0.4, -0.2) is 22.8 Å². The van der Waals surface area contributed by atoms with E-state index in [9.17, 15) is 4.79 Å². The average molecular weight is 284 g/mol. The number of hydrogen-bond acceptors (Lipinski definition) is 5. The molecule has 0 amide bonds. The number of ether oxygens (including phenoxy) is 1. The van der Waals surface area contributed by atoms with E-state index in [2.05, 4.69) is 17.2 Å². The molecule has 1 atom stereocenters. The standard InChI is InChI=1S/C13H20N2O3S/c1-2-3-4-8-14-12-15-11-9(18-13(16)17)6-5-7-10(11)19-12/h9H,2-8H2,1H3,(H,14,15)(H,16,17). The Balaban J connectivity index is 1.97. The van der Waals surface area contributed by atoms with Crippen LogP contribution in [0.2, 0.25) is 0 Å². The summed E-state index contributed by atoms with van der Waals surface area (Å²) in [6.45, 7) is 3.10. The third-order valence-electron chi connectivity index (χ3n) is 3.20. The van der Waals surface area contributed by atoms with Crippen molar-refractivity contribution in [3.05, 3.63) is 10.6 Å². The molecule has 0 spiro atoms. The molecule has 1 aliphatic carbocycles. The van der Waals surface area contributed by atoms with E-state index < -0.39 is 6.16 Å². The van der Waals surface area contributed by atoms with Crippen molar-refractivity contribution in [1.29, 1.82) is 0 Å². The van der Waals surface area contributed by atoms with Crippen LogP contribution in [0.4, 0.5) is 9.93 Å². The van der Waals surface area contributed by atoms with Crippen molar-refractivity contribution in [2.45, 2.75) is 51.6 Å². The van der Waals surface area contributed by atoms with Crippen LogP contribution in [0, 0.1) is 0 Å². The van der Waals surface area contributed by atoms with Crippen LogP contribution < -0.4 is 5.32 Å². The molecule has 0 bridgehead atoms. The molecular formula is C13H20N2O3S. The number of carboxylic acid groups (broad SMARTS) is 1. The van der Waals surface area contributed by atoms with E-state index in [0.717, 1.165) is 47.9 Å². The van der Waals surface area contributed by atoms with Gasteiger partial charge in [-0.1, -0.05) is 19.8 Å². The summed E-state index contributed by atoms with van der Waals surface area (Å²) < 4.78 is 4.91. The second-order valence-electron chi connectivity index (χ2n) is 4.73. The zero-order valence-corrected chi connectivity index (χ0v) is 12.0. The molecule has 106 valence electrons. The molecule has 1 aliphatic rings. The molecule has 1 heterocycles. The van der Waals surface area contributed by atoms with Gasteiger partial charge in [0.2, 0.25) is 0 Å². The molecule has 1 aromatic rings. The Morgan fingerprint density at radius 2 is 2.42 bits per heavy atom. The number of hydrogen-bond donors (Lipinski definition) is 2. The van der Waals surface area contributed by atoms with Crippen molar-refractivity contribution in [2.24, 2.45) is 0 Å². The minimum atomic E-state index is -1.22. The summed E-state index contributed by atoms with van der Waals surface area (Å²) >= 11 is 1.63. The van der Waals surface area contributed by atoms with E-state index in [1.165, 1.54) is 12.8 Å². The number of nitrogens with zero attached hydrogens (tertiary/aromatic N) is 1. The van der Waals surface area contributed by atoms with E-state index in [0.29, 0.717) is 0 Å². The predicted molar refractivity (Wildman–Crippen MR) is 74.9 cm³/mol. The van der Waals surface area contributed by atoms with Gasteiger partial charge in [0.25, 0.3) is 0 Å². The maximum Gasteiger partial charge on any atom is 0.506 e. The fourth-order valence-corrected chi connectivity index (χ4v) is 3.34. The highest BCUT2D eigenvalue weighted by molar-refractivity contribution is 7.15. The van der Waals surface area contributed by atoms with E-state index in [4.69, 9.17) is 9.84 Å². The normalized spacial score (nSPS) is 17.8. The Morgan fingerprint density at radius 1 is 1.58 bits per heavy atom. The molecule has 1 unspecified atom stereocenters. The number of thiazole rings is 1. The second-order valence-corrected chi connectivity index (χ2v) is 5.81. The molecule has 2 N–H and O–H groups in total. The molecule has 19 heavy (non-hydrogen) atoms. The van der Waals surface area contributed by atoms with Crippen LogP contribution >= 0.6 is 11.3 Å². The lowest BCUT2D eigenvalue weighted by Crippen LogP contribution is -2.15. The van der Waals surface area contributed by atoms with Gasteiger partial charge in [-0.2, -0.15) is 0 Å². The van der Waals surface area contributed by atoms with E-state index >= 15 is 0 Å². The highest BCUT2D eigenvalue weighted by Crippen LogP contribution is 2.37. The van der Waals surface area contributed by atoms with Crippen molar-refractivity contribution in [1.82, 2.24) is 4.98 Å². The molecule has 1 aromatic heterocycles. The first-order valence-corrected chi connectivity index (χ1v) is 7.65. The summed E-state index contributed by atoms with van der Waals surface area (Å²) in [6, 6.07) is 0. The molecule has 0 fully saturated rings. The molecule has 0 saturated heterocycles. The van der Waals surface area contributed by atoms with Gasteiger partial charge in [0.15, 0.2) is 5.13 Å². The SMILES string of the molecule is CCCCCNc1nc2c(s1)CCCC2OC(=O)O. The number of unbranched alkanes of at least 4 members (excludes halogenated alkanes) is 2. The molecule has 5 nitrogen and oxygen atoms in total. The van der Waals surface area contributed by atoms with Crippen LogP contribution in [0.1, 0.15) is 55.7 Å². The molecule has 6 heteroatoms.